The number of azo groups is 1. The van der Waals surface area contributed by atoms with E-state index in [2.05, 4.69) is 20.9 Å². The number of benzene rings is 3. The van der Waals surface area contributed by atoms with Crippen LogP contribution in [0.2, 0.25) is 0 Å². The number of nitrogens with zero attached hydrogens (tertiary/aromatic N) is 2. The molecule has 0 saturated carbocycles. The molecular formula is C28H28F4N4O2. The van der Waals surface area contributed by atoms with E-state index in [1.807, 2.05) is 0 Å². The van der Waals surface area contributed by atoms with Crippen LogP contribution in [-0.4, -0.2) is 17.2 Å². The fourth-order valence-electron chi connectivity index (χ4n) is 3.41. The molecule has 3 aromatic carbocycles. The molecule has 0 bridgehead atoms. The van der Waals surface area contributed by atoms with E-state index >= 15 is 0 Å². The number of halogens is 4. The van der Waals surface area contributed by atoms with E-state index in [4.69, 9.17) is 0 Å². The van der Waals surface area contributed by atoms with Gasteiger partial charge in [0.15, 0.2) is 40.4 Å². The Bertz CT molecular complexity index is 1360. The maximum atomic E-state index is 14.6. The van der Waals surface area contributed by atoms with Gasteiger partial charge in [-0.25, -0.2) is 17.6 Å². The van der Waals surface area contributed by atoms with E-state index in [1.54, 1.807) is 41.5 Å². The number of ketones is 1. The van der Waals surface area contributed by atoms with Crippen molar-refractivity contribution in [2.75, 3.05) is 10.6 Å². The van der Waals surface area contributed by atoms with Crippen molar-refractivity contribution in [2.45, 2.75) is 47.1 Å². The van der Waals surface area contributed by atoms with Crippen molar-refractivity contribution in [1.29, 1.82) is 0 Å². The van der Waals surface area contributed by atoms with E-state index in [1.165, 1.54) is 24.3 Å². The molecule has 200 valence electrons. The van der Waals surface area contributed by atoms with Crippen LogP contribution in [0.15, 0.2) is 58.8 Å². The van der Waals surface area contributed by atoms with Crippen molar-refractivity contribution < 1.29 is 27.2 Å². The summed E-state index contributed by atoms with van der Waals surface area (Å²) in [7, 11) is 0. The lowest BCUT2D eigenvalue weighted by Gasteiger charge is -2.22. The van der Waals surface area contributed by atoms with Gasteiger partial charge in [-0.05, 0) is 57.2 Å². The molecule has 38 heavy (non-hydrogen) atoms. The number of amides is 1. The maximum absolute atomic E-state index is 14.6. The van der Waals surface area contributed by atoms with Gasteiger partial charge in [-0.15, -0.1) is 10.2 Å². The molecule has 0 aliphatic rings. The lowest BCUT2D eigenvalue weighted by molar-refractivity contribution is 0.0857. The monoisotopic (exact) mass is 528 g/mol. The van der Waals surface area contributed by atoms with Gasteiger partial charge in [-0.2, -0.15) is 0 Å². The van der Waals surface area contributed by atoms with Gasteiger partial charge in [0.05, 0.1) is 0 Å². The zero-order valence-electron chi connectivity index (χ0n) is 21.8. The number of Topliss-reactive ketones (excluding diaryl/α,β-unsaturated/α-hetero) is 1. The second kappa shape index (κ2) is 10.7. The summed E-state index contributed by atoms with van der Waals surface area (Å²) in [5, 5.41) is 12.0. The minimum Gasteiger partial charge on any atom is -0.380 e. The Morgan fingerprint density at radius 3 is 1.45 bits per heavy atom. The lowest BCUT2D eigenvalue weighted by atomic mass is 9.86. The molecule has 0 aliphatic heterocycles. The highest BCUT2D eigenvalue weighted by molar-refractivity contribution is 6.05. The second-order valence-corrected chi connectivity index (χ2v) is 10.8. The van der Waals surface area contributed by atoms with Crippen LogP contribution in [0.25, 0.3) is 0 Å². The summed E-state index contributed by atoms with van der Waals surface area (Å²) in [5.74, 6) is -5.32. The third-order valence-electron chi connectivity index (χ3n) is 5.15. The summed E-state index contributed by atoms with van der Waals surface area (Å²) in [6.07, 6.45) is 0. The molecule has 0 fully saturated rings. The smallest absolute Gasteiger partial charge is 0.255 e. The minimum absolute atomic E-state index is 0.101. The Morgan fingerprint density at radius 2 is 1.05 bits per heavy atom. The van der Waals surface area contributed by atoms with E-state index in [0.29, 0.717) is 5.56 Å². The first-order chi connectivity index (χ1) is 17.5. The SMILES string of the molecule is CC(C)(C)Nc1cc(F)c(N=Nc2c(F)cc(NC(=O)c3ccc(C(=O)C(C)(C)C)cc3)cc2F)c(F)c1. The molecule has 3 rings (SSSR count). The van der Waals surface area contributed by atoms with Gasteiger partial charge in [0, 0.05) is 33.5 Å². The van der Waals surface area contributed by atoms with Gasteiger partial charge < -0.3 is 10.6 Å². The molecule has 0 atom stereocenters. The molecular weight excluding hydrogens is 500 g/mol. The maximum Gasteiger partial charge on any atom is 0.255 e. The molecule has 2 N–H and O–H groups in total. The fraction of sp³-hybridized carbons (Fsp3) is 0.286. The van der Waals surface area contributed by atoms with Crippen LogP contribution in [0.1, 0.15) is 62.3 Å². The zero-order chi connectivity index (χ0) is 28.4. The molecule has 0 aromatic heterocycles. The van der Waals surface area contributed by atoms with Crippen LogP contribution in [0.3, 0.4) is 0 Å². The van der Waals surface area contributed by atoms with Gasteiger partial charge in [0.25, 0.3) is 5.91 Å². The average molecular weight is 529 g/mol. The number of hydrogen-bond donors (Lipinski definition) is 2. The Balaban J connectivity index is 1.78. The Morgan fingerprint density at radius 1 is 0.658 bits per heavy atom. The predicted octanol–water partition coefficient (Wildman–Crippen LogP) is 8.35. The number of hydrogen-bond acceptors (Lipinski definition) is 5. The van der Waals surface area contributed by atoms with Crippen molar-refractivity contribution >= 4 is 34.4 Å². The minimum atomic E-state index is -1.21. The summed E-state index contributed by atoms with van der Waals surface area (Å²) in [6.45, 7) is 10.7. The van der Waals surface area contributed by atoms with Crippen molar-refractivity contribution in [3.05, 3.63) is 82.9 Å². The molecule has 0 spiro atoms. The predicted molar refractivity (Wildman–Crippen MR) is 138 cm³/mol. The van der Waals surface area contributed by atoms with Crippen molar-refractivity contribution in [2.24, 2.45) is 15.6 Å². The van der Waals surface area contributed by atoms with Crippen LogP contribution in [0.5, 0.6) is 0 Å². The Labute approximate surface area is 218 Å². The summed E-state index contributed by atoms with van der Waals surface area (Å²) in [4.78, 5) is 24.9. The standard InChI is InChI=1S/C28H28F4N4O2/c1-27(2,3)25(37)15-7-9-16(10-8-15)26(38)33-17-11-19(29)23(20(30)12-17)35-36-24-21(31)13-18(14-22(24)32)34-28(4,5)6/h7-14,34H,1-6H3,(H,33,38). The highest BCUT2D eigenvalue weighted by atomic mass is 19.1. The number of anilines is 2. The van der Waals surface area contributed by atoms with Crippen LogP contribution in [0, 0.1) is 28.7 Å². The number of carbonyl (C=O) groups excluding carboxylic acids is 2. The molecule has 0 heterocycles. The molecule has 3 aromatic rings. The average Bonchev–Trinajstić information content (AvgIpc) is 2.77. The summed E-state index contributed by atoms with van der Waals surface area (Å²) < 4.78 is 58.0. The molecule has 1 amide bonds. The van der Waals surface area contributed by atoms with Gasteiger partial charge in [-0.1, -0.05) is 32.9 Å². The molecule has 6 nitrogen and oxygen atoms in total. The normalized spacial score (nSPS) is 12.1. The van der Waals surface area contributed by atoms with Crippen LogP contribution >= 0.6 is 0 Å². The number of carbonyl (C=O) groups is 2. The molecule has 0 radical (unpaired) electrons. The van der Waals surface area contributed by atoms with Crippen molar-refractivity contribution in [3.63, 3.8) is 0 Å². The fourth-order valence-corrected chi connectivity index (χ4v) is 3.41. The first-order valence-corrected chi connectivity index (χ1v) is 11.7. The first kappa shape index (κ1) is 28.5. The first-order valence-electron chi connectivity index (χ1n) is 11.7. The van der Waals surface area contributed by atoms with Crippen molar-refractivity contribution in [3.8, 4) is 0 Å². The molecule has 0 saturated heterocycles. The molecule has 0 aliphatic carbocycles. The van der Waals surface area contributed by atoms with Crippen molar-refractivity contribution in [1.82, 2.24) is 0 Å². The van der Waals surface area contributed by atoms with E-state index in [0.717, 1.165) is 24.3 Å². The topological polar surface area (TPSA) is 82.9 Å². The quantitative estimate of drug-likeness (QED) is 0.192. The van der Waals surface area contributed by atoms with Crippen LogP contribution < -0.4 is 10.6 Å². The lowest BCUT2D eigenvalue weighted by Crippen LogP contribution is -2.26. The summed E-state index contributed by atoms with van der Waals surface area (Å²) in [5.41, 5.74) is -2.21. The van der Waals surface area contributed by atoms with Gasteiger partial charge in [0.1, 0.15) is 0 Å². The zero-order valence-corrected chi connectivity index (χ0v) is 21.8. The van der Waals surface area contributed by atoms with Crippen LogP contribution in [-0.2, 0) is 0 Å². The van der Waals surface area contributed by atoms with E-state index < -0.39 is 51.5 Å². The van der Waals surface area contributed by atoms with Crippen LogP contribution in [0.4, 0.5) is 40.3 Å². The summed E-state index contributed by atoms with van der Waals surface area (Å²) in [6, 6.07) is 9.45. The number of nitrogens with one attached hydrogen (secondary N) is 2. The molecule has 0 unspecified atom stereocenters. The third kappa shape index (κ3) is 7.02. The largest absolute Gasteiger partial charge is 0.380 e. The highest BCUT2D eigenvalue weighted by Crippen LogP contribution is 2.32. The van der Waals surface area contributed by atoms with Gasteiger partial charge in [-0.3, -0.25) is 9.59 Å². The van der Waals surface area contributed by atoms with Gasteiger partial charge >= 0.3 is 0 Å². The third-order valence-corrected chi connectivity index (χ3v) is 5.15. The number of rotatable bonds is 6. The second-order valence-electron chi connectivity index (χ2n) is 10.8. The summed E-state index contributed by atoms with van der Waals surface area (Å²) >= 11 is 0. The van der Waals surface area contributed by atoms with E-state index in [-0.39, 0.29) is 22.7 Å². The van der Waals surface area contributed by atoms with E-state index in [9.17, 15) is 27.2 Å². The Kier molecular flexibility index (Phi) is 8.04. The highest BCUT2D eigenvalue weighted by Gasteiger charge is 2.23. The molecule has 10 heteroatoms. The Hall–Kier alpha value is -4.08. The van der Waals surface area contributed by atoms with Gasteiger partial charge in [0.2, 0.25) is 0 Å².